The minimum absolute atomic E-state index is 0.266. The van der Waals surface area contributed by atoms with Crippen molar-refractivity contribution in [3.8, 4) is 0 Å². The van der Waals surface area contributed by atoms with Crippen molar-refractivity contribution in [1.82, 2.24) is 0 Å². The molecule has 1 atom stereocenters. The van der Waals surface area contributed by atoms with E-state index in [2.05, 4.69) is 46.3 Å². The summed E-state index contributed by atoms with van der Waals surface area (Å²) in [6.45, 7) is 0. The van der Waals surface area contributed by atoms with Crippen LogP contribution in [0.1, 0.15) is 16.5 Å². The van der Waals surface area contributed by atoms with Crippen LogP contribution in [0.5, 0.6) is 0 Å². The van der Waals surface area contributed by atoms with Gasteiger partial charge < -0.3 is 0 Å². The van der Waals surface area contributed by atoms with Crippen molar-refractivity contribution >= 4 is 38.3 Å². The van der Waals surface area contributed by atoms with E-state index in [1.807, 2.05) is 12.1 Å². The number of benzene rings is 3. The Kier molecular flexibility index (Phi) is 4.27. The molecule has 0 aromatic heterocycles. The molecule has 21 heavy (non-hydrogen) atoms. The molecular formula is C18H13BrClF. The standard InChI is InChI=1S/C18H13BrClF/c19-17-8-7-15(21)11-16(17)18(20)10-12-5-6-13-3-1-2-4-14(13)9-12/h1-9,11,18H,10H2. The zero-order valence-corrected chi connectivity index (χ0v) is 13.5. The van der Waals surface area contributed by atoms with Gasteiger partial charge in [-0.1, -0.05) is 58.4 Å². The number of rotatable bonds is 3. The average molecular weight is 364 g/mol. The van der Waals surface area contributed by atoms with Gasteiger partial charge >= 0.3 is 0 Å². The molecule has 1 unspecified atom stereocenters. The molecule has 0 aliphatic carbocycles. The monoisotopic (exact) mass is 362 g/mol. The minimum atomic E-state index is -0.267. The van der Waals surface area contributed by atoms with Crippen molar-refractivity contribution in [3.05, 3.63) is 82.1 Å². The second-order valence-electron chi connectivity index (χ2n) is 5.02. The van der Waals surface area contributed by atoms with E-state index in [9.17, 15) is 4.39 Å². The third-order valence-electron chi connectivity index (χ3n) is 3.52. The molecule has 3 aromatic rings. The Morgan fingerprint density at radius 3 is 2.52 bits per heavy atom. The molecule has 0 saturated heterocycles. The normalized spacial score (nSPS) is 12.5. The highest BCUT2D eigenvalue weighted by Gasteiger charge is 2.13. The van der Waals surface area contributed by atoms with Crippen molar-refractivity contribution in [2.75, 3.05) is 0 Å². The van der Waals surface area contributed by atoms with Crippen molar-refractivity contribution in [2.45, 2.75) is 11.8 Å². The lowest BCUT2D eigenvalue weighted by Crippen LogP contribution is -1.98. The Morgan fingerprint density at radius 1 is 0.952 bits per heavy atom. The van der Waals surface area contributed by atoms with E-state index >= 15 is 0 Å². The lowest BCUT2D eigenvalue weighted by Gasteiger charge is -2.13. The fraction of sp³-hybridized carbons (Fsp3) is 0.111. The summed E-state index contributed by atoms with van der Waals surface area (Å²) in [6.07, 6.45) is 0.661. The largest absolute Gasteiger partial charge is 0.207 e. The number of fused-ring (bicyclic) bond motifs is 1. The maximum absolute atomic E-state index is 13.4. The molecule has 0 saturated carbocycles. The molecule has 0 radical (unpaired) electrons. The minimum Gasteiger partial charge on any atom is -0.207 e. The van der Waals surface area contributed by atoms with Gasteiger partial charge in [0.25, 0.3) is 0 Å². The molecule has 106 valence electrons. The van der Waals surface area contributed by atoms with Gasteiger partial charge in [0.05, 0.1) is 5.38 Å². The number of hydrogen-bond acceptors (Lipinski definition) is 0. The molecule has 0 aliphatic heterocycles. The topological polar surface area (TPSA) is 0 Å². The van der Waals surface area contributed by atoms with E-state index in [4.69, 9.17) is 11.6 Å². The third kappa shape index (κ3) is 3.28. The summed E-state index contributed by atoms with van der Waals surface area (Å²) < 4.78 is 14.2. The third-order valence-corrected chi connectivity index (χ3v) is 4.64. The van der Waals surface area contributed by atoms with Gasteiger partial charge in [0.15, 0.2) is 0 Å². The second kappa shape index (κ2) is 6.17. The van der Waals surface area contributed by atoms with Gasteiger partial charge in [-0.3, -0.25) is 0 Å². The maximum Gasteiger partial charge on any atom is 0.123 e. The molecular weight excluding hydrogens is 351 g/mol. The molecule has 0 heterocycles. The number of halogens is 3. The van der Waals surface area contributed by atoms with E-state index in [-0.39, 0.29) is 11.2 Å². The SMILES string of the molecule is Fc1ccc(Br)c(C(Cl)Cc2ccc3ccccc3c2)c1. The Hall–Kier alpha value is -1.38. The van der Waals surface area contributed by atoms with Crippen molar-refractivity contribution < 1.29 is 4.39 Å². The lowest BCUT2D eigenvalue weighted by molar-refractivity contribution is 0.624. The van der Waals surface area contributed by atoms with Gasteiger partial charge in [-0.25, -0.2) is 4.39 Å². The summed E-state index contributed by atoms with van der Waals surface area (Å²) >= 11 is 9.91. The Bertz CT molecular complexity index is 785. The zero-order valence-electron chi connectivity index (χ0n) is 11.2. The van der Waals surface area contributed by atoms with Crippen molar-refractivity contribution in [2.24, 2.45) is 0 Å². The summed E-state index contributed by atoms with van der Waals surface area (Å²) in [4.78, 5) is 0. The first-order valence-electron chi connectivity index (χ1n) is 6.70. The van der Waals surface area contributed by atoms with Gasteiger partial charge in [-0.05, 0) is 46.5 Å². The first kappa shape index (κ1) is 14.6. The van der Waals surface area contributed by atoms with Crippen LogP contribution in [0, 0.1) is 5.82 Å². The maximum atomic E-state index is 13.4. The van der Waals surface area contributed by atoms with Crippen LogP contribution in [0.2, 0.25) is 0 Å². The molecule has 3 rings (SSSR count). The molecule has 0 spiro atoms. The van der Waals surface area contributed by atoms with Gasteiger partial charge in [0.2, 0.25) is 0 Å². The molecule has 0 amide bonds. The quantitative estimate of drug-likeness (QED) is 0.481. The van der Waals surface area contributed by atoms with Crippen LogP contribution in [0.3, 0.4) is 0 Å². The summed E-state index contributed by atoms with van der Waals surface area (Å²) in [6, 6.07) is 19.1. The lowest BCUT2D eigenvalue weighted by atomic mass is 10.0. The van der Waals surface area contributed by atoms with Gasteiger partial charge in [-0.2, -0.15) is 0 Å². The van der Waals surface area contributed by atoms with E-state index in [1.165, 1.54) is 22.9 Å². The highest BCUT2D eigenvalue weighted by molar-refractivity contribution is 9.10. The summed E-state index contributed by atoms with van der Waals surface area (Å²) in [7, 11) is 0. The Balaban J connectivity index is 1.88. The molecule has 0 bridgehead atoms. The van der Waals surface area contributed by atoms with Crippen LogP contribution in [0.4, 0.5) is 4.39 Å². The predicted molar refractivity (Wildman–Crippen MR) is 90.3 cm³/mol. The van der Waals surface area contributed by atoms with Gasteiger partial charge in [-0.15, -0.1) is 11.6 Å². The smallest absolute Gasteiger partial charge is 0.123 e. The predicted octanol–water partition coefficient (Wildman–Crippen LogP) is 6.26. The molecule has 0 nitrogen and oxygen atoms in total. The second-order valence-corrected chi connectivity index (χ2v) is 6.40. The summed E-state index contributed by atoms with van der Waals surface area (Å²) in [5.74, 6) is -0.266. The van der Waals surface area contributed by atoms with E-state index in [0.29, 0.717) is 6.42 Å². The van der Waals surface area contributed by atoms with E-state index < -0.39 is 0 Å². The van der Waals surface area contributed by atoms with Gasteiger partial charge in [0.1, 0.15) is 5.82 Å². The summed E-state index contributed by atoms with van der Waals surface area (Å²) in [5.41, 5.74) is 1.93. The highest BCUT2D eigenvalue weighted by Crippen LogP contribution is 2.32. The van der Waals surface area contributed by atoms with Crippen molar-refractivity contribution in [1.29, 1.82) is 0 Å². The van der Waals surface area contributed by atoms with Crippen LogP contribution in [0.15, 0.2) is 65.1 Å². The van der Waals surface area contributed by atoms with E-state index in [0.717, 1.165) is 15.6 Å². The number of hydrogen-bond donors (Lipinski definition) is 0. The first-order valence-corrected chi connectivity index (χ1v) is 7.93. The molecule has 0 N–H and O–H groups in total. The van der Waals surface area contributed by atoms with Crippen LogP contribution in [-0.4, -0.2) is 0 Å². The number of alkyl halides is 1. The Labute approximate surface area is 136 Å². The molecule has 0 aliphatic rings. The molecule has 0 fully saturated rings. The van der Waals surface area contributed by atoms with Gasteiger partial charge in [0, 0.05) is 4.47 Å². The van der Waals surface area contributed by atoms with Crippen LogP contribution < -0.4 is 0 Å². The van der Waals surface area contributed by atoms with Crippen molar-refractivity contribution in [3.63, 3.8) is 0 Å². The fourth-order valence-electron chi connectivity index (χ4n) is 2.44. The molecule has 3 heteroatoms. The van der Waals surface area contributed by atoms with E-state index in [1.54, 1.807) is 6.07 Å². The van der Waals surface area contributed by atoms with Crippen LogP contribution >= 0.6 is 27.5 Å². The zero-order chi connectivity index (χ0) is 14.8. The van der Waals surface area contributed by atoms with Crippen LogP contribution in [0.25, 0.3) is 10.8 Å². The highest BCUT2D eigenvalue weighted by atomic mass is 79.9. The Morgan fingerprint density at radius 2 is 1.71 bits per heavy atom. The molecule has 3 aromatic carbocycles. The average Bonchev–Trinajstić information content (AvgIpc) is 2.49. The first-order chi connectivity index (χ1) is 10.1. The van der Waals surface area contributed by atoms with Crippen LogP contribution in [-0.2, 0) is 6.42 Å². The fourth-order valence-corrected chi connectivity index (χ4v) is 3.45. The summed E-state index contributed by atoms with van der Waals surface area (Å²) in [5, 5.41) is 2.13.